The third-order valence-corrected chi connectivity index (χ3v) is 4.79. The van der Waals surface area contributed by atoms with Crippen molar-refractivity contribution in [2.24, 2.45) is 0 Å². The molecular formula is C17H19NO4S2. The average molecular weight is 365 g/mol. The average Bonchev–Trinajstić information content (AvgIpc) is 2.83. The fraction of sp³-hybridized carbons (Fsp3) is 0.353. The summed E-state index contributed by atoms with van der Waals surface area (Å²) in [6, 6.07) is 7.05. The highest BCUT2D eigenvalue weighted by Gasteiger charge is 2.38. The van der Waals surface area contributed by atoms with E-state index in [1.807, 2.05) is 31.2 Å². The predicted octanol–water partition coefficient (Wildman–Crippen LogP) is 2.77. The van der Waals surface area contributed by atoms with E-state index in [2.05, 4.69) is 0 Å². The van der Waals surface area contributed by atoms with Gasteiger partial charge in [-0.1, -0.05) is 53.8 Å². The van der Waals surface area contributed by atoms with Gasteiger partial charge in [0.05, 0.1) is 11.5 Å². The molecule has 24 heavy (non-hydrogen) atoms. The Balaban J connectivity index is 2.10. The number of thioether (sulfide) groups is 1. The second-order valence-corrected chi connectivity index (χ2v) is 6.97. The smallest absolute Gasteiger partial charge is 0.329 e. The number of esters is 1. The van der Waals surface area contributed by atoms with Crippen LogP contribution in [-0.2, 0) is 19.1 Å². The summed E-state index contributed by atoms with van der Waals surface area (Å²) in [5, 5.41) is 0. The van der Waals surface area contributed by atoms with Gasteiger partial charge < -0.3 is 9.47 Å². The summed E-state index contributed by atoms with van der Waals surface area (Å²) in [6.45, 7) is 4.06. The number of carbonyl (C=O) groups is 2. The van der Waals surface area contributed by atoms with E-state index in [4.69, 9.17) is 21.7 Å². The largest absolute Gasteiger partial charge is 0.462 e. The fourth-order valence-corrected chi connectivity index (χ4v) is 3.50. The Kier molecular flexibility index (Phi) is 6.53. The Morgan fingerprint density at radius 2 is 2.00 bits per heavy atom. The molecule has 0 bridgehead atoms. The molecule has 2 rings (SSSR count). The summed E-state index contributed by atoms with van der Waals surface area (Å²) in [5.41, 5.74) is 2.06. The van der Waals surface area contributed by atoms with Gasteiger partial charge in [-0.15, -0.1) is 0 Å². The molecule has 1 fully saturated rings. The van der Waals surface area contributed by atoms with Gasteiger partial charge >= 0.3 is 5.97 Å². The van der Waals surface area contributed by atoms with Crippen LogP contribution in [0.2, 0.25) is 0 Å². The van der Waals surface area contributed by atoms with Crippen LogP contribution in [0.5, 0.6) is 0 Å². The van der Waals surface area contributed by atoms with Gasteiger partial charge in [-0.25, -0.2) is 4.79 Å². The van der Waals surface area contributed by atoms with Crippen molar-refractivity contribution in [2.75, 3.05) is 20.3 Å². The third-order valence-electron chi connectivity index (χ3n) is 3.46. The Morgan fingerprint density at radius 1 is 1.33 bits per heavy atom. The van der Waals surface area contributed by atoms with Crippen LogP contribution in [0.25, 0.3) is 6.08 Å². The highest BCUT2D eigenvalue weighted by Crippen LogP contribution is 2.34. The minimum Gasteiger partial charge on any atom is -0.462 e. The van der Waals surface area contributed by atoms with Crippen molar-refractivity contribution in [1.29, 1.82) is 0 Å². The maximum atomic E-state index is 12.6. The van der Waals surface area contributed by atoms with Crippen LogP contribution in [0.3, 0.4) is 0 Å². The number of benzene rings is 1. The third kappa shape index (κ3) is 4.43. The van der Waals surface area contributed by atoms with E-state index < -0.39 is 12.0 Å². The van der Waals surface area contributed by atoms with Crippen LogP contribution in [0.4, 0.5) is 0 Å². The van der Waals surface area contributed by atoms with Crippen LogP contribution in [-0.4, -0.2) is 47.5 Å². The van der Waals surface area contributed by atoms with Crippen molar-refractivity contribution in [1.82, 2.24) is 4.90 Å². The number of methoxy groups -OCH3 is 1. The van der Waals surface area contributed by atoms with Gasteiger partial charge in [0.15, 0.2) is 0 Å². The number of hydrogen-bond acceptors (Lipinski definition) is 6. The topological polar surface area (TPSA) is 55.8 Å². The molecule has 0 N–H and O–H groups in total. The van der Waals surface area contributed by atoms with Gasteiger partial charge in [-0.05, 0) is 25.5 Å². The normalized spacial score (nSPS) is 17.5. The lowest BCUT2D eigenvalue weighted by atomic mass is 10.1. The first-order chi connectivity index (χ1) is 11.4. The maximum absolute atomic E-state index is 12.6. The Bertz CT molecular complexity index is 670. The van der Waals surface area contributed by atoms with Crippen molar-refractivity contribution in [3.8, 4) is 0 Å². The molecule has 1 heterocycles. The van der Waals surface area contributed by atoms with Gasteiger partial charge in [-0.2, -0.15) is 0 Å². The molecule has 1 aromatic rings. The van der Waals surface area contributed by atoms with E-state index in [0.717, 1.165) is 11.1 Å². The minimum absolute atomic E-state index is 0.146. The number of ether oxygens (including phenoxy) is 2. The molecule has 0 unspecified atom stereocenters. The van der Waals surface area contributed by atoms with Crippen molar-refractivity contribution in [2.45, 2.75) is 19.9 Å². The van der Waals surface area contributed by atoms with Crippen molar-refractivity contribution < 1.29 is 19.1 Å². The molecule has 1 saturated heterocycles. The van der Waals surface area contributed by atoms with E-state index in [0.29, 0.717) is 15.8 Å². The van der Waals surface area contributed by atoms with Crippen LogP contribution in [0, 0.1) is 6.92 Å². The zero-order chi connectivity index (χ0) is 17.7. The summed E-state index contributed by atoms with van der Waals surface area (Å²) in [4.78, 5) is 26.4. The van der Waals surface area contributed by atoms with E-state index >= 15 is 0 Å². The fourth-order valence-electron chi connectivity index (χ4n) is 2.08. The van der Waals surface area contributed by atoms with Crippen molar-refractivity contribution in [3.63, 3.8) is 0 Å². The summed E-state index contributed by atoms with van der Waals surface area (Å²) in [5.74, 6) is -0.776. The predicted molar refractivity (Wildman–Crippen MR) is 98.5 cm³/mol. The lowest BCUT2D eigenvalue weighted by molar-refractivity contribution is -0.151. The van der Waals surface area contributed by atoms with E-state index in [1.165, 1.54) is 23.8 Å². The number of nitrogens with zero attached hydrogens (tertiary/aromatic N) is 1. The van der Waals surface area contributed by atoms with Gasteiger partial charge in [0.25, 0.3) is 5.91 Å². The van der Waals surface area contributed by atoms with Crippen molar-refractivity contribution >= 4 is 46.3 Å². The molecule has 1 amide bonds. The highest BCUT2D eigenvalue weighted by atomic mass is 32.2. The molecule has 0 spiro atoms. The van der Waals surface area contributed by atoms with E-state index in [1.54, 1.807) is 13.0 Å². The Hall–Kier alpha value is -1.70. The summed E-state index contributed by atoms with van der Waals surface area (Å²) >= 11 is 6.45. The minimum atomic E-state index is -0.765. The number of amides is 1. The lowest BCUT2D eigenvalue weighted by Gasteiger charge is -2.21. The zero-order valence-corrected chi connectivity index (χ0v) is 15.4. The number of aryl methyl sites for hydroxylation is 1. The van der Waals surface area contributed by atoms with Crippen LogP contribution >= 0.6 is 24.0 Å². The van der Waals surface area contributed by atoms with Gasteiger partial charge in [0.1, 0.15) is 17.0 Å². The van der Waals surface area contributed by atoms with Crippen LogP contribution in [0.15, 0.2) is 29.2 Å². The Morgan fingerprint density at radius 3 is 2.62 bits per heavy atom. The van der Waals surface area contributed by atoms with Gasteiger partial charge in [0.2, 0.25) is 0 Å². The first-order valence-corrected chi connectivity index (χ1v) is 8.66. The molecule has 1 atom stereocenters. The molecule has 128 valence electrons. The molecule has 0 aromatic heterocycles. The first kappa shape index (κ1) is 18.6. The molecule has 0 aliphatic carbocycles. The molecule has 1 aromatic carbocycles. The van der Waals surface area contributed by atoms with Crippen LogP contribution in [0.1, 0.15) is 18.1 Å². The summed E-state index contributed by atoms with van der Waals surface area (Å²) in [6.07, 6.45) is 1.78. The quantitative estimate of drug-likeness (QED) is 0.334. The highest BCUT2D eigenvalue weighted by molar-refractivity contribution is 8.26. The van der Waals surface area contributed by atoms with Crippen molar-refractivity contribution in [3.05, 3.63) is 40.3 Å². The monoisotopic (exact) mass is 365 g/mol. The second kappa shape index (κ2) is 8.41. The lowest BCUT2D eigenvalue weighted by Crippen LogP contribution is -2.42. The molecule has 1 aliphatic heterocycles. The van der Waals surface area contributed by atoms with E-state index in [9.17, 15) is 9.59 Å². The molecule has 0 saturated carbocycles. The molecule has 5 nitrogen and oxygen atoms in total. The Labute approximate surface area is 151 Å². The number of rotatable bonds is 6. The second-order valence-electron chi connectivity index (χ2n) is 5.30. The van der Waals surface area contributed by atoms with Crippen LogP contribution < -0.4 is 0 Å². The molecular weight excluding hydrogens is 346 g/mol. The van der Waals surface area contributed by atoms with E-state index in [-0.39, 0.29) is 12.5 Å². The number of carbonyl (C=O) groups excluding carboxylic acids is 2. The molecule has 7 heteroatoms. The van der Waals surface area contributed by atoms with Gasteiger partial charge in [0, 0.05) is 7.11 Å². The SMILES string of the molecule is COCCOC(=O)[C@@H](C)N1C(=O)/C(=C/c2ccc(C)cc2)SC1=S. The molecule has 1 aliphatic rings. The maximum Gasteiger partial charge on any atom is 0.329 e. The molecule has 0 radical (unpaired) electrons. The standard InChI is InChI=1S/C17H19NO4S2/c1-11-4-6-13(7-5-11)10-14-15(19)18(17(23)24-14)12(2)16(20)22-9-8-21-3/h4-7,10,12H,8-9H2,1-3H3/b14-10-/t12-/m1/s1. The summed E-state index contributed by atoms with van der Waals surface area (Å²) < 4.78 is 10.3. The summed E-state index contributed by atoms with van der Waals surface area (Å²) in [7, 11) is 1.52. The zero-order valence-electron chi connectivity index (χ0n) is 13.8. The number of thiocarbonyl (C=S) groups is 1. The number of hydrogen-bond donors (Lipinski definition) is 0. The first-order valence-electron chi connectivity index (χ1n) is 7.43. The van der Waals surface area contributed by atoms with Gasteiger partial charge in [-0.3, -0.25) is 9.69 Å².